The fourth-order valence-electron chi connectivity index (χ4n) is 6.77. The molecule has 0 aromatic rings. The van der Waals surface area contributed by atoms with Gasteiger partial charge in [-0.1, -0.05) is 0 Å². The van der Waals surface area contributed by atoms with E-state index in [4.69, 9.17) is 9.90 Å². The average molecular weight is 1350 g/mol. The van der Waals surface area contributed by atoms with Crippen LogP contribution in [0.1, 0.15) is 64.2 Å². The van der Waals surface area contributed by atoms with Gasteiger partial charge in [0.25, 0.3) is 22.7 Å². The van der Waals surface area contributed by atoms with Crippen LogP contribution in [0.15, 0.2) is 0 Å². The summed E-state index contributed by atoms with van der Waals surface area (Å²) >= 11 is 4.67. The number of halogens is 29. The monoisotopic (exact) mass is 1350 g/mol. The molecule has 0 aliphatic rings. The maximum absolute atomic E-state index is 14.2. The van der Waals surface area contributed by atoms with Crippen LogP contribution in [-0.2, 0) is 29.6 Å². The van der Waals surface area contributed by atoms with Crippen molar-refractivity contribution in [3.63, 3.8) is 0 Å². The number of hydrogen-bond donors (Lipinski definition) is 2. The topological polar surface area (TPSA) is 176 Å². The van der Waals surface area contributed by atoms with Crippen molar-refractivity contribution in [3.8, 4) is 0 Å². The first-order valence-electron chi connectivity index (χ1n) is 22.0. The molecule has 12 nitrogen and oxygen atoms in total. The smallest absolute Gasteiger partial charge is 0.549 e. The molecule has 0 heterocycles. The Balaban J connectivity index is -0.000000679. The molecule has 0 bridgehead atoms. The molecule has 2 N–H and O–H groups in total. The predicted octanol–water partition coefficient (Wildman–Crippen LogP) is 5.64. The van der Waals surface area contributed by atoms with Gasteiger partial charge in [0.15, 0.2) is 0 Å². The number of rotatable bonds is 29. The number of likely N-dealkylation sites (N-methyl/N-ethyl adjacent to an activating group) is 1. The molecule has 0 saturated carbocycles. The number of alkyl halides is 29. The van der Waals surface area contributed by atoms with E-state index in [0.29, 0.717) is 6.54 Å². The van der Waals surface area contributed by atoms with Gasteiger partial charge in [-0.05, 0) is 64.6 Å². The molecule has 0 amide bonds. The van der Waals surface area contributed by atoms with Gasteiger partial charge in [0.2, 0.25) is 20.0 Å². The van der Waals surface area contributed by atoms with Crippen LogP contribution in [0.2, 0.25) is 0 Å². The SMILES string of the molecule is CN(C)CCCNS(=O)(=O)CCCC(CC(F)(C(F)(F)F)C(F)(F)F)CC(F)(C(F)(F)F)C(F)(F)F.C[N+](C)(CCCNS(=O)(=O)CCCC(CC(F)(C(F)(F)F)C(F)(F)F)CC(F)(C(F)(F)F)C(F)(F)F)CC(=O)[O-].O=C([O-])CCl.[Na+]. The van der Waals surface area contributed by atoms with Crippen LogP contribution >= 0.6 is 11.6 Å². The number of carbonyl (C=O) groups excluding carboxylic acids is 2. The Morgan fingerprint density at radius 1 is 0.463 bits per heavy atom. The molecule has 0 aliphatic heterocycles. The number of hydrogen-bond acceptors (Lipinski definition) is 9. The van der Waals surface area contributed by atoms with E-state index < -0.39 is 198 Å². The first kappa shape index (κ1) is 86.5. The third kappa shape index (κ3) is 28.2. The molecule has 0 fully saturated rings. The Hall–Kier alpha value is -1.99. The van der Waals surface area contributed by atoms with E-state index in [1.165, 1.54) is 14.1 Å². The molecule has 44 heteroatoms. The van der Waals surface area contributed by atoms with Gasteiger partial charge >= 0.3 is 79.0 Å². The second-order valence-corrected chi connectivity index (χ2v) is 22.8. The fourth-order valence-corrected chi connectivity index (χ4v) is 9.06. The normalized spacial score (nSPS) is 14.5. The molecule has 0 radical (unpaired) electrons. The van der Waals surface area contributed by atoms with Crippen molar-refractivity contribution in [2.75, 3.05) is 78.3 Å². The maximum Gasteiger partial charge on any atom is 1.00 e. The third-order valence-electron chi connectivity index (χ3n) is 11.0. The van der Waals surface area contributed by atoms with Crippen LogP contribution in [0.5, 0.6) is 0 Å². The van der Waals surface area contributed by atoms with Crippen LogP contribution in [0.25, 0.3) is 0 Å². The van der Waals surface area contributed by atoms with Crippen molar-refractivity contribution >= 4 is 43.6 Å². The largest absolute Gasteiger partial charge is 1.00 e. The second-order valence-electron chi connectivity index (χ2n) is 18.7. The van der Waals surface area contributed by atoms with Crippen molar-refractivity contribution < 1.29 is 194 Å². The molecule has 0 aromatic heterocycles. The Kier molecular flexibility index (Phi) is 33.5. The fraction of sp³-hybridized carbons (Fsp3) is 0.947. The summed E-state index contributed by atoms with van der Waals surface area (Å²) < 4.78 is 417. The number of nitrogens with zero attached hydrogens (tertiary/aromatic N) is 2. The Morgan fingerprint density at radius 2 is 0.695 bits per heavy atom. The molecule has 82 heavy (non-hydrogen) atoms. The van der Waals surface area contributed by atoms with Crippen molar-refractivity contribution in [2.45, 2.75) is 136 Å². The van der Waals surface area contributed by atoms with E-state index in [1.54, 1.807) is 19.0 Å². The van der Waals surface area contributed by atoms with E-state index in [1.807, 2.05) is 9.44 Å². The van der Waals surface area contributed by atoms with Crippen LogP contribution in [-0.4, -0.2) is 189 Å². The van der Waals surface area contributed by atoms with Crippen LogP contribution in [0, 0.1) is 11.8 Å². The quantitative estimate of drug-likeness (QED) is 0.0316. The van der Waals surface area contributed by atoms with Crippen LogP contribution < -0.4 is 49.2 Å². The molecule has 0 saturated heterocycles. The minimum Gasteiger partial charge on any atom is -0.549 e. The van der Waals surface area contributed by atoms with Crippen LogP contribution in [0.3, 0.4) is 0 Å². The summed E-state index contributed by atoms with van der Waals surface area (Å²) in [4.78, 5) is 21.4. The van der Waals surface area contributed by atoms with Gasteiger partial charge in [-0.25, -0.2) is 43.8 Å². The summed E-state index contributed by atoms with van der Waals surface area (Å²) in [6, 6.07) is 0. The average Bonchev–Trinajstić information content (AvgIpc) is 3.20. The Morgan fingerprint density at radius 3 is 0.890 bits per heavy atom. The van der Waals surface area contributed by atoms with Crippen molar-refractivity contribution in [1.29, 1.82) is 0 Å². The molecule has 488 valence electrons. The molecule has 0 spiro atoms. The second kappa shape index (κ2) is 31.8. The zero-order valence-electron chi connectivity index (χ0n) is 42.8. The summed E-state index contributed by atoms with van der Waals surface area (Å²) in [5.41, 5.74) is -25.2. The van der Waals surface area contributed by atoms with Crippen molar-refractivity contribution in [2.24, 2.45) is 11.8 Å². The minimum atomic E-state index is -6.88. The van der Waals surface area contributed by atoms with Gasteiger partial charge in [-0.3, -0.25) is 0 Å². The predicted molar refractivity (Wildman–Crippen MR) is 222 cm³/mol. The van der Waals surface area contributed by atoms with Crippen LogP contribution in [0.4, 0.5) is 123 Å². The summed E-state index contributed by atoms with van der Waals surface area (Å²) in [6.07, 6.45) is -72.3. The van der Waals surface area contributed by atoms with Crippen molar-refractivity contribution in [1.82, 2.24) is 14.3 Å². The van der Waals surface area contributed by atoms with Gasteiger partial charge in [0, 0.05) is 45.2 Å². The van der Waals surface area contributed by atoms with E-state index in [2.05, 4.69) is 11.6 Å². The number of aliphatic carboxylic acids is 2. The van der Waals surface area contributed by atoms with E-state index >= 15 is 0 Å². The van der Waals surface area contributed by atoms with Gasteiger partial charge < -0.3 is 29.2 Å². The van der Waals surface area contributed by atoms with Gasteiger partial charge in [0.1, 0.15) is 6.54 Å². The van der Waals surface area contributed by atoms with E-state index in [-0.39, 0.29) is 60.0 Å². The molecule has 0 aromatic carbocycles. The Bertz CT molecular complexity index is 2020. The number of nitrogens with one attached hydrogen (secondary N) is 2. The first-order valence-corrected chi connectivity index (χ1v) is 25.9. The van der Waals surface area contributed by atoms with E-state index in [9.17, 15) is 150 Å². The summed E-state index contributed by atoms with van der Waals surface area (Å²) in [5.74, 6) is -11.9. The van der Waals surface area contributed by atoms with Gasteiger partial charge in [-0.2, -0.15) is 105 Å². The number of carbonyl (C=O) groups is 2. The summed E-state index contributed by atoms with van der Waals surface area (Å²) in [6.45, 7) is -0.627. The maximum atomic E-state index is 14.2. The molecular formula is C38H52ClF28N4NaO8S2. The zero-order chi connectivity index (χ0) is 65.5. The van der Waals surface area contributed by atoms with Crippen molar-refractivity contribution in [3.05, 3.63) is 0 Å². The number of sulfonamides is 2. The number of carboxylic acids is 2. The number of carboxylic acid groups (broad SMARTS) is 2. The Labute approximate surface area is 476 Å². The summed E-state index contributed by atoms with van der Waals surface area (Å²) in [7, 11) is -2.67. The number of quaternary nitrogens is 1. The molecule has 0 unspecified atom stereocenters. The first-order chi connectivity index (χ1) is 35.4. The van der Waals surface area contributed by atoms with Gasteiger partial charge in [0.05, 0.1) is 50.0 Å². The molecule has 0 rings (SSSR count). The molecular weight excluding hydrogens is 1290 g/mol. The standard InChI is InChI=1S/C19H26F14N2O4S.C17H24F14N2O2S.C2H3ClO2.Na/c1-35(2,11-13(36)37)7-4-6-34-40(38,39)8-3-5-12(9-14(20,16(22,23)24)17(25,26)27)10-15(21,18(28,29)30)19(31,32)33;1-33(2)7-4-6-32-36(34,35)8-3-5-11(9-12(18,14(20,21)22)15(23,24)25)10-13(19,16(26,27)28)17(29,30)31;3-1-2(4)5;/h12,34H,3-11H2,1-2H3;11,32H,3-10H2,1-2H3;1H2,(H,4,5);/q;;;+1/p-1. The molecule has 0 aliphatic carbocycles. The third-order valence-corrected chi connectivity index (χ3v) is 14.1. The zero-order valence-corrected chi connectivity index (χ0v) is 47.2. The van der Waals surface area contributed by atoms with Gasteiger partial charge in [-0.15, -0.1) is 11.6 Å². The molecule has 0 atom stereocenters. The minimum absolute atomic E-state index is 0. The van der Waals surface area contributed by atoms with E-state index in [0.717, 1.165) is 0 Å². The summed E-state index contributed by atoms with van der Waals surface area (Å²) in [5, 5.41) is 19.8.